The molecule has 4 N–H and O–H groups in total. The number of pyridine rings is 1. The van der Waals surface area contributed by atoms with Gasteiger partial charge in [0.1, 0.15) is 11.9 Å². The second kappa shape index (κ2) is 8.63. The van der Waals surface area contributed by atoms with Crippen LogP contribution in [0.3, 0.4) is 0 Å². The van der Waals surface area contributed by atoms with Crippen molar-refractivity contribution in [1.82, 2.24) is 14.8 Å². The smallest absolute Gasteiger partial charge is 0.166 e. The number of nitrogens with zero attached hydrogens (tertiary/aromatic N) is 4. The summed E-state index contributed by atoms with van der Waals surface area (Å²) in [7, 11) is 1.67. The van der Waals surface area contributed by atoms with Crippen molar-refractivity contribution in [2.45, 2.75) is 32.9 Å². The summed E-state index contributed by atoms with van der Waals surface area (Å²) in [6, 6.07) is 6.24. The van der Waals surface area contributed by atoms with Crippen molar-refractivity contribution < 1.29 is 9.13 Å². The molecule has 0 aliphatic carbocycles. The minimum Gasteiger partial charge on any atom is -0.482 e. The van der Waals surface area contributed by atoms with E-state index in [9.17, 15) is 4.39 Å². The molecule has 0 fully saturated rings. The van der Waals surface area contributed by atoms with E-state index in [1.807, 2.05) is 24.6 Å². The number of hydrogen-bond acceptors (Lipinski definition) is 6. The molecule has 0 saturated heterocycles. The van der Waals surface area contributed by atoms with Gasteiger partial charge in [0, 0.05) is 60.4 Å². The average Bonchev–Trinajstić information content (AvgIpc) is 3.09. The number of nitrogen functional groups attached to an aromatic ring is 1. The Balaban J connectivity index is 2.07. The maximum absolute atomic E-state index is 14.2. The zero-order valence-corrected chi connectivity index (χ0v) is 18.8. The van der Waals surface area contributed by atoms with Crippen molar-refractivity contribution in [3.63, 3.8) is 0 Å². The van der Waals surface area contributed by atoms with Crippen LogP contribution in [0.1, 0.15) is 36.6 Å². The molecule has 3 heterocycles. The maximum atomic E-state index is 14.2. The topological polar surface area (TPSA) is 104 Å². The minimum absolute atomic E-state index is 0.230. The minimum atomic E-state index is -0.544. The lowest BCUT2D eigenvalue weighted by Crippen LogP contribution is -2.14. The second-order valence-electron chi connectivity index (χ2n) is 7.54. The third-order valence-corrected chi connectivity index (χ3v) is 5.80. The summed E-state index contributed by atoms with van der Waals surface area (Å²) in [5.74, 6) is 0.224. The van der Waals surface area contributed by atoms with E-state index < -0.39 is 6.10 Å². The first-order valence-electron chi connectivity index (χ1n) is 10.2. The standard InChI is InChI=1S/C23H24ClFN6O/c1-4-31-21-14-8-19(23(27)29-11-14)32-12(2)17-9-15(25)5-6-16(17)20(26)13(10-28-3)7-18(21)22(24)30-31/h5-6,8-12H,4,7,26H2,1-3H3,(H2,27,29)/b20-13-,28-10?. The van der Waals surface area contributed by atoms with Crippen LogP contribution in [0, 0.1) is 5.82 Å². The highest BCUT2D eigenvalue weighted by Gasteiger charge is 2.24. The van der Waals surface area contributed by atoms with Crippen molar-refractivity contribution in [2.24, 2.45) is 10.7 Å². The van der Waals surface area contributed by atoms with Crippen LogP contribution in [-0.4, -0.2) is 28.0 Å². The number of fused-ring (bicyclic) bond motifs is 5. The van der Waals surface area contributed by atoms with Crippen LogP contribution in [0.15, 0.2) is 41.0 Å². The number of nitrogens with two attached hydrogens (primary N) is 2. The number of hydrogen-bond donors (Lipinski definition) is 2. The first-order chi connectivity index (χ1) is 15.3. The lowest BCUT2D eigenvalue weighted by Gasteiger charge is -2.22. The third-order valence-electron chi connectivity index (χ3n) is 5.50. The van der Waals surface area contributed by atoms with Crippen LogP contribution in [0.4, 0.5) is 10.2 Å². The van der Waals surface area contributed by atoms with Crippen molar-refractivity contribution in [1.29, 1.82) is 0 Å². The first kappa shape index (κ1) is 21.8. The molecular weight excluding hydrogens is 431 g/mol. The molecule has 2 bridgehead atoms. The molecule has 1 aliphatic rings. The fourth-order valence-corrected chi connectivity index (χ4v) is 4.20. The molecule has 32 heavy (non-hydrogen) atoms. The van der Waals surface area contributed by atoms with Crippen LogP contribution in [0.25, 0.3) is 17.0 Å². The third kappa shape index (κ3) is 3.82. The fourth-order valence-electron chi connectivity index (χ4n) is 3.96. The fraction of sp³-hybridized carbons (Fsp3) is 0.261. The maximum Gasteiger partial charge on any atom is 0.166 e. The SMILES string of the molecule is CCn1nc(Cl)c2c1-c1cnc(N)c(c1)OC(C)c1cc(F)ccc1/C(N)=C(/C=NC)C2. The van der Waals surface area contributed by atoms with Crippen molar-refractivity contribution in [2.75, 3.05) is 12.8 Å². The van der Waals surface area contributed by atoms with E-state index in [0.29, 0.717) is 40.7 Å². The molecule has 2 aromatic heterocycles. The van der Waals surface area contributed by atoms with Crippen LogP contribution in [0.2, 0.25) is 5.15 Å². The van der Waals surface area contributed by atoms with Crippen molar-refractivity contribution in [3.05, 3.63) is 63.7 Å². The molecule has 0 radical (unpaired) electrons. The van der Waals surface area contributed by atoms with Crippen LogP contribution in [-0.2, 0) is 13.0 Å². The molecule has 166 valence electrons. The molecule has 1 aliphatic heterocycles. The highest BCUT2D eigenvalue weighted by molar-refractivity contribution is 6.30. The summed E-state index contributed by atoms with van der Waals surface area (Å²) < 4.78 is 22.1. The first-order valence-corrected chi connectivity index (χ1v) is 10.6. The number of anilines is 1. The summed E-state index contributed by atoms with van der Waals surface area (Å²) in [5.41, 5.74) is 17.5. The Morgan fingerprint density at radius 3 is 2.84 bits per heavy atom. The van der Waals surface area contributed by atoms with E-state index in [1.54, 1.807) is 25.5 Å². The molecule has 3 aromatic rings. The number of allylic oxidation sites excluding steroid dienone is 1. The summed E-state index contributed by atoms with van der Waals surface area (Å²) in [5, 5.41) is 4.85. The van der Waals surface area contributed by atoms with Crippen LogP contribution < -0.4 is 16.2 Å². The number of benzene rings is 1. The summed E-state index contributed by atoms with van der Waals surface area (Å²) in [6.45, 7) is 4.40. The number of halogens is 2. The molecule has 0 saturated carbocycles. The van der Waals surface area contributed by atoms with Crippen molar-refractivity contribution in [3.8, 4) is 17.0 Å². The predicted molar refractivity (Wildman–Crippen MR) is 125 cm³/mol. The molecule has 1 aromatic carbocycles. The van der Waals surface area contributed by atoms with Gasteiger partial charge in [-0.15, -0.1) is 0 Å². The van der Waals surface area contributed by atoms with E-state index in [2.05, 4.69) is 15.1 Å². The van der Waals surface area contributed by atoms with Crippen LogP contribution >= 0.6 is 11.6 Å². The van der Waals surface area contributed by atoms with Gasteiger partial charge in [-0.1, -0.05) is 11.6 Å². The van der Waals surface area contributed by atoms with Gasteiger partial charge in [0.2, 0.25) is 0 Å². The number of aromatic nitrogens is 3. The Morgan fingerprint density at radius 2 is 2.12 bits per heavy atom. The second-order valence-corrected chi connectivity index (χ2v) is 7.89. The van der Waals surface area contributed by atoms with E-state index in [1.165, 1.54) is 12.1 Å². The summed E-state index contributed by atoms with van der Waals surface area (Å²) in [6.07, 6.45) is 3.19. The van der Waals surface area contributed by atoms with Gasteiger partial charge in [-0.05, 0) is 43.7 Å². The zero-order valence-electron chi connectivity index (χ0n) is 18.1. The number of aliphatic imine (C=N–C) groups is 1. The Kier molecular flexibility index (Phi) is 5.88. The lowest BCUT2D eigenvalue weighted by molar-refractivity contribution is 0.227. The Labute approximate surface area is 190 Å². The van der Waals surface area contributed by atoms with E-state index in [0.717, 1.165) is 22.4 Å². The monoisotopic (exact) mass is 454 g/mol. The van der Waals surface area contributed by atoms with Gasteiger partial charge < -0.3 is 16.2 Å². The average molecular weight is 455 g/mol. The van der Waals surface area contributed by atoms with E-state index in [-0.39, 0.29) is 11.6 Å². The molecule has 0 spiro atoms. The van der Waals surface area contributed by atoms with Gasteiger partial charge in [-0.3, -0.25) is 9.67 Å². The largest absolute Gasteiger partial charge is 0.482 e. The normalized spacial score (nSPS) is 18.5. The summed E-state index contributed by atoms with van der Waals surface area (Å²) in [4.78, 5) is 8.51. The lowest BCUT2D eigenvalue weighted by atomic mass is 9.94. The van der Waals surface area contributed by atoms with Gasteiger partial charge in [-0.25, -0.2) is 9.37 Å². The van der Waals surface area contributed by atoms with Crippen molar-refractivity contribution >= 4 is 29.3 Å². The Bertz CT molecular complexity index is 1250. The van der Waals surface area contributed by atoms with Gasteiger partial charge >= 0.3 is 0 Å². The number of ether oxygens (including phenoxy) is 1. The van der Waals surface area contributed by atoms with Crippen LogP contribution in [0.5, 0.6) is 5.75 Å². The van der Waals surface area contributed by atoms with Gasteiger partial charge in [0.15, 0.2) is 16.7 Å². The molecule has 9 heteroatoms. The van der Waals surface area contributed by atoms with Gasteiger partial charge in [-0.2, -0.15) is 5.10 Å². The molecular formula is C23H24ClFN6O. The van der Waals surface area contributed by atoms with E-state index in [4.69, 9.17) is 27.8 Å². The predicted octanol–water partition coefficient (Wildman–Crippen LogP) is 4.41. The molecule has 0 amide bonds. The molecule has 1 unspecified atom stereocenters. The highest BCUT2D eigenvalue weighted by Crippen LogP contribution is 2.38. The van der Waals surface area contributed by atoms with Gasteiger partial charge in [0.25, 0.3) is 0 Å². The quantitative estimate of drug-likeness (QED) is 0.558. The number of aryl methyl sites for hydroxylation is 1. The zero-order chi connectivity index (χ0) is 23.0. The molecule has 4 rings (SSSR count). The Hall–Kier alpha value is -3.39. The highest BCUT2D eigenvalue weighted by atomic mass is 35.5. The molecule has 7 nitrogen and oxygen atoms in total. The molecule has 1 atom stereocenters. The number of rotatable bonds is 2. The van der Waals surface area contributed by atoms with Gasteiger partial charge in [0.05, 0.1) is 5.69 Å². The Morgan fingerprint density at radius 1 is 1.34 bits per heavy atom. The summed E-state index contributed by atoms with van der Waals surface area (Å²) >= 11 is 6.57. The van der Waals surface area contributed by atoms with E-state index >= 15 is 0 Å².